The summed E-state index contributed by atoms with van der Waals surface area (Å²) in [6, 6.07) is 17.5. The quantitative estimate of drug-likeness (QED) is 0.440. The van der Waals surface area contributed by atoms with E-state index in [0.717, 1.165) is 20.7 Å². The Morgan fingerprint density at radius 1 is 1.00 bits per heavy atom. The number of rotatable bonds is 7. The summed E-state index contributed by atoms with van der Waals surface area (Å²) in [6.45, 7) is -0.0489. The lowest BCUT2D eigenvalue weighted by Gasteiger charge is -2.13. The van der Waals surface area contributed by atoms with Gasteiger partial charge in [-0.3, -0.25) is 4.79 Å². The predicted molar refractivity (Wildman–Crippen MR) is 125 cm³/mol. The van der Waals surface area contributed by atoms with Crippen molar-refractivity contribution in [2.45, 2.75) is 4.90 Å². The first-order valence-corrected chi connectivity index (χ1v) is 11.3. The van der Waals surface area contributed by atoms with Crippen molar-refractivity contribution in [2.75, 3.05) is 38.4 Å². The number of hydrogen-bond donors (Lipinski definition) is 2. The average molecular weight is 454 g/mol. The highest BCUT2D eigenvalue weighted by Gasteiger charge is 2.18. The van der Waals surface area contributed by atoms with E-state index in [1.807, 2.05) is 30.3 Å². The van der Waals surface area contributed by atoms with Crippen LogP contribution in [0, 0.1) is 0 Å². The molecule has 2 N–H and O–H groups in total. The number of fused-ring (bicyclic) bond motifs is 3. The number of methoxy groups -OCH3 is 1. The summed E-state index contributed by atoms with van der Waals surface area (Å²) in [6.07, 6.45) is 0. The molecule has 3 aromatic carbocycles. The monoisotopic (exact) mass is 453 g/mol. The first-order valence-electron chi connectivity index (χ1n) is 9.85. The first-order chi connectivity index (χ1) is 15.3. The van der Waals surface area contributed by atoms with Crippen LogP contribution >= 0.6 is 0 Å². The van der Waals surface area contributed by atoms with E-state index in [1.165, 1.54) is 26.2 Å². The Morgan fingerprint density at radius 3 is 2.53 bits per heavy atom. The summed E-state index contributed by atoms with van der Waals surface area (Å²) in [5.74, 6) is 0.243. The lowest BCUT2D eigenvalue weighted by molar-refractivity contribution is -0.114. The third-order valence-electron chi connectivity index (χ3n) is 5.03. The highest BCUT2D eigenvalue weighted by Crippen LogP contribution is 2.36. The van der Waals surface area contributed by atoms with Crippen molar-refractivity contribution in [1.29, 1.82) is 0 Å². The third-order valence-corrected chi connectivity index (χ3v) is 6.85. The van der Waals surface area contributed by atoms with Crippen LogP contribution in [0.25, 0.3) is 21.9 Å². The first kappa shape index (κ1) is 21.7. The van der Waals surface area contributed by atoms with E-state index in [4.69, 9.17) is 9.15 Å². The maximum absolute atomic E-state index is 12.5. The highest BCUT2D eigenvalue weighted by atomic mass is 32.2. The molecule has 0 aliphatic heterocycles. The zero-order valence-corrected chi connectivity index (χ0v) is 18.7. The molecule has 9 heteroatoms. The lowest BCUT2D eigenvalue weighted by Crippen LogP contribution is -2.23. The minimum Gasteiger partial charge on any atom is -0.495 e. The van der Waals surface area contributed by atoms with Crippen LogP contribution in [0.1, 0.15) is 0 Å². The molecule has 0 spiro atoms. The van der Waals surface area contributed by atoms with Gasteiger partial charge in [-0.25, -0.2) is 12.7 Å². The number of carbonyl (C=O) groups is 1. The van der Waals surface area contributed by atoms with Gasteiger partial charge in [0.25, 0.3) is 0 Å². The van der Waals surface area contributed by atoms with E-state index < -0.39 is 10.0 Å². The summed E-state index contributed by atoms with van der Waals surface area (Å²) in [7, 11) is 0.879. The van der Waals surface area contributed by atoms with Crippen LogP contribution in [0.5, 0.6) is 5.75 Å². The van der Waals surface area contributed by atoms with Gasteiger partial charge < -0.3 is 19.8 Å². The molecule has 0 fully saturated rings. The summed E-state index contributed by atoms with van der Waals surface area (Å²) in [5.41, 5.74) is 2.45. The molecule has 0 atom stereocenters. The Labute approximate surface area is 185 Å². The van der Waals surface area contributed by atoms with Gasteiger partial charge in [0.1, 0.15) is 16.9 Å². The van der Waals surface area contributed by atoms with E-state index in [1.54, 1.807) is 25.3 Å². The fourth-order valence-corrected chi connectivity index (χ4v) is 4.33. The van der Waals surface area contributed by atoms with Crippen molar-refractivity contribution in [3.8, 4) is 5.75 Å². The number of para-hydroxylation sites is 1. The highest BCUT2D eigenvalue weighted by molar-refractivity contribution is 7.89. The van der Waals surface area contributed by atoms with Gasteiger partial charge in [-0.15, -0.1) is 0 Å². The molecule has 8 nitrogen and oxygen atoms in total. The number of sulfonamides is 1. The molecular formula is C23H23N3O5S. The van der Waals surface area contributed by atoms with E-state index in [-0.39, 0.29) is 17.3 Å². The molecular weight excluding hydrogens is 430 g/mol. The molecule has 0 aliphatic carbocycles. The second-order valence-electron chi connectivity index (χ2n) is 7.36. The van der Waals surface area contributed by atoms with Gasteiger partial charge in [0.2, 0.25) is 15.9 Å². The molecule has 4 aromatic rings. The standard InChI is InChI=1S/C23H23N3O5S/c1-26(2)32(28,29)16-8-6-7-15(11-16)25-23(27)14-24-19-13-21-18(12-22(19)30-3)17-9-4-5-10-20(17)31-21/h4-13,24H,14H2,1-3H3,(H,25,27). The molecule has 0 bridgehead atoms. The maximum atomic E-state index is 12.5. The number of furan rings is 1. The summed E-state index contributed by atoms with van der Waals surface area (Å²) in [4.78, 5) is 12.6. The minimum absolute atomic E-state index is 0.0489. The zero-order valence-electron chi connectivity index (χ0n) is 17.9. The molecule has 0 saturated carbocycles. The molecule has 0 unspecified atom stereocenters. The van der Waals surface area contributed by atoms with Crippen LogP contribution < -0.4 is 15.4 Å². The average Bonchev–Trinajstić information content (AvgIpc) is 3.14. The molecule has 0 saturated heterocycles. The van der Waals surface area contributed by atoms with Crippen molar-refractivity contribution < 1.29 is 22.4 Å². The van der Waals surface area contributed by atoms with Crippen LogP contribution in [0.2, 0.25) is 0 Å². The van der Waals surface area contributed by atoms with Gasteiger partial charge in [-0.2, -0.15) is 0 Å². The number of hydrogen-bond acceptors (Lipinski definition) is 6. The molecule has 0 aliphatic rings. The van der Waals surface area contributed by atoms with Crippen LogP contribution in [0.4, 0.5) is 11.4 Å². The van der Waals surface area contributed by atoms with Crippen molar-refractivity contribution >= 4 is 49.2 Å². The van der Waals surface area contributed by atoms with Gasteiger partial charge in [0.15, 0.2) is 0 Å². The second kappa shape index (κ2) is 8.52. The molecule has 1 heterocycles. The van der Waals surface area contributed by atoms with Crippen LogP contribution in [0.3, 0.4) is 0 Å². The number of amides is 1. The van der Waals surface area contributed by atoms with Crippen LogP contribution in [-0.4, -0.2) is 46.4 Å². The van der Waals surface area contributed by atoms with Crippen LogP contribution in [0.15, 0.2) is 70.0 Å². The number of nitrogens with zero attached hydrogens (tertiary/aromatic N) is 1. The van der Waals surface area contributed by atoms with Crippen molar-refractivity contribution in [3.05, 3.63) is 60.7 Å². The van der Waals surface area contributed by atoms with Gasteiger partial charge in [-0.1, -0.05) is 24.3 Å². The third kappa shape index (κ3) is 4.12. The summed E-state index contributed by atoms with van der Waals surface area (Å²) >= 11 is 0. The minimum atomic E-state index is -3.59. The number of anilines is 2. The van der Waals surface area contributed by atoms with Gasteiger partial charge in [-0.05, 0) is 30.3 Å². The topological polar surface area (TPSA) is 101 Å². The van der Waals surface area contributed by atoms with E-state index in [0.29, 0.717) is 22.7 Å². The lowest BCUT2D eigenvalue weighted by atomic mass is 10.1. The fourth-order valence-electron chi connectivity index (χ4n) is 3.38. The smallest absolute Gasteiger partial charge is 0.243 e. The fraction of sp³-hybridized carbons (Fsp3) is 0.174. The van der Waals surface area contributed by atoms with Crippen molar-refractivity contribution in [3.63, 3.8) is 0 Å². The van der Waals surface area contributed by atoms with Crippen molar-refractivity contribution in [1.82, 2.24) is 4.31 Å². The number of carbonyl (C=O) groups excluding carboxylic acids is 1. The summed E-state index contributed by atoms with van der Waals surface area (Å²) < 4.78 is 37.1. The Balaban J connectivity index is 1.51. The molecule has 32 heavy (non-hydrogen) atoms. The van der Waals surface area contributed by atoms with Crippen molar-refractivity contribution in [2.24, 2.45) is 0 Å². The van der Waals surface area contributed by atoms with E-state index in [2.05, 4.69) is 10.6 Å². The Morgan fingerprint density at radius 2 is 1.78 bits per heavy atom. The number of benzene rings is 3. The molecule has 0 radical (unpaired) electrons. The number of ether oxygens (including phenoxy) is 1. The van der Waals surface area contributed by atoms with Gasteiger partial charge in [0, 0.05) is 36.6 Å². The maximum Gasteiger partial charge on any atom is 0.243 e. The normalized spacial score (nSPS) is 11.8. The summed E-state index contributed by atoms with van der Waals surface area (Å²) in [5, 5.41) is 7.68. The SMILES string of the molecule is COc1cc2c(cc1NCC(=O)Nc1cccc(S(=O)(=O)N(C)C)c1)oc1ccccc12. The Bertz CT molecular complexity index is 1410. The molecule has 4 rings (SSSR count). The van der Waals surface area contributed by atoms with Gasteiger partial charge >= 0.3 is 0 Å². The zero-order chi connectivity index (χ0) is 22.9. The Kier molecular flexibility index (Phi) is 5.77. The van der Waals surface area contributed by atoms with E-state index in [9.17, 15) is 13.2 Å². The molecule has 1 aromatic heterocycles. The largest absolute Gasteiger partial charge is 0.495 e. The van der Waals surface area contributed by atoms with Gasteiger partial charge in [0.05, 0.1) is 24.2 Å². The Hall–Kier alpha value is -3.56. The molecule has 1 amide bonds. The molecule has 166 valence electrons. The number of nitrogens with one attached hydrogen (secondary N) is 2. The van der Waals surface area contributed by atoms with Crippen LogP contribution in [-0.2, 0) is 14.8 Å². The second-order valence-corrected chi connectivity index (χ2v) is 9.52. The predicted octanol–water partition coefficient (Wildman–Crippen LogP) is 3.90. The van der Waals surface area contributed by atoms with E-state index >= 15 is 0 Å².